The second-order valence-electron chi connectivity index (χ2n) is 8.41. The summed E-state index contributed by atoms with van der Waals surface area (Å²) < 4.78 is 29.2. The molecule has 2 N–H and O–H groups in total. The molecule has 1 amide bonds. The summed E-state index contributed by atoms with van der Waals surface area (Å²) in [6.45, 7) is 7.93. The normalized spacial score (nSPS) is 16.8. The molecule has 1 aliphatic rings. The summed E-state index contributed by atoms with van der Waals surface area (Å²) in [5.41, 5.74) is 0.142. The molecule has 0 saturated carbocycles. The lowest BCUT2D eigenvalue weighted by atomic mass is 10.2. The molecular formula is C21H26F2N8O. The Kier molecular flexibility index (Phi) is 5.76. The lowest BCUT2D eigenvalue weighted by Gasteiger charge is -2.18. The highest BCUT2D eigenvalue weighted by Crippen LogP contribution is 2.32. The van der Waals surface area contributed by atoms with Gasteiger partial charge in [-0.05, 0) is 6.42 Å². The van der Waals surface area contributed by atoms with E-state index in [9.17, 15) is 13.6 Å². The summed E-state index contributed by atoms with van der Waals surface area (Å²) in [6.07, 6.45) is 5.02. The van der Waals surface area contributed by atoms with Gasteiger partial charge in [0.1, 0.15) is 11.5 Å². The van der Waals surface area contributed by atoms with Crippen LogP contribution >= 0.6 is 0 Å². The molecule has 0 unspecified atom stereocenters. The highest BCUT2D eigenvalue weighted by atomic mass is 19.3. The van der Waals surface area contributed by atoms with Crippen LogP contribution in [0.2, 0.25) is 0 Å². The molecule has 170 valence electrons. The number of alkyl halides is 2. The third kappa shape index (κ3) is 4.52. The van der Waals surface area contributed by atoms with Crippen LogP contribution in [0.3, 0.4) is 0 Å². The van der Waals surface area contributed by atoms with Crippen molar-refractivity contribution in [2.75, 3.05) is 23.3 Å². The van der Waals surface area contributed by atoms with Crippen molar-refractivity contribution >= 4 is 28.4 Å². The van der Waals surface area contributed by atoms with E-state index in [0.717, 1.165) is 38.0 Å². The van der Waals surface area contributed by atoms with Crippen molar-refractivity contribution in [2.45, 2.75) is 52.1 Å². The number of anilines is 2. The topological polar surface area (TPSA) is 101 Å². The minimum absolute atomic E-state index is 0.163. The highest BCUT2D eigenvalue weighted by Gasteiger charge is 2.29. The Balaban J connectivity index is 1.80. The van der Waals surface area contributed by atoms with Crippen molar-refractivity contribution in [1.82, 2.24) is 30.0 Å². The number of carbonyl (C=O) groups excluding carboxylic acids is 1. The van der Waals surface area contributed by atoms with Crippen molar-refractivity contribution in [3.8, 4) is 5.82 Å². The number of rotatable bonds is 6. The van der Waals surface area contributed by atoms with Crippen LogP contribution < -0.4 is 15.5 Å². The van der Waals surface area contributed by atoms with E-state index in [1.807, 2.05) is 0 Å². The van der Waals surface area contributed by atoms with Gasteiger partial charge < -0.3 is 15.5 Å². The fraction of sp³-hybridized carbons (Fsp3) is 0.476. The molecule has 32 heavy (non-hydrogen) atoms. The quantitative estimate of drug-likeness (QED) is 0.603. The molecule has 0 bridgehead atoms. The molecule has 0 radical (unpaired) electrons. The third-order valence-corrected chi connectivity index (χ3v) is 5.20. The predicted molar refractivity (Wildman–Crippen MR) is 117 cm³/mol. The van der Waals surface area contributed by atoms with E-state index in [1.165, 1.54) is 17.8 Å². The molecule has 0 spiro atoms. The molecule has 3 aromatic heterocycles. The molecule has 9 nitrogen and oxygen atoms in total. The molecule has 3 aromatic rings. The second kappa shape index (κ2) is 8.38. The summed E-state index contributed by atoms with van der Waals surface area (Å²) in [5, 5.41) is 11.6. The molecule has 0 aromatic carbocycles. The lowest BCUT2D eigenvalue weighted by Crippen LogP contribution is -2.37. The molecule has 1 aliphatic heterocycles. The van der Waals surface area contributed by atoms with Crippen molar-refractivity contribution in [3.05, 3.63) is 30.4 Å². The minimum atomic E-state index is -3.14. The molecule has 1 atom stereocenters. The van der Waals surface area contributed by atoms with Crippen LogP contribution in [-0.2, 0) is 10.7 Å². The third-order valence-electron chi connectivity index (χ3n) is 5.20. The Bertz CT molecular complexity index is 1140. The first-order chi connectivity index (χ1) is 15.1. The Morgan fingerprint density at radius 1 is 1.28 bits per heavy atom. The van der Waals surface area contributed by atoms with Crippen molar-refractivity contribution < 1.29 is 13.6 Å². The van der Waals surface area contributed by atoms with E-state index in [4.69, 9.17) is 5.10 Å². The smallest absolute Gasteiger partial charge is 0.288 e. The first-order valence-corrected chi connectivity index (χ1v) is 10.5. The molecule has 4 rings (SSSR count). The summed E-state index contributed by atoms with van der Waals surface area (Å²) in [6, 6.07) is 2.35. The van der Waals surface area contributed by atoms with E-state index < -0.39 is 11.6 Å². The van der Waals surface area contributed by atoms with Crippen LogP contribution in [0.5, 0.6) is 0 Å². The summed E-state index contributed by atoms with van der Waals surface area (Å²) >= 11 is 0. The molecular weight excluding hydrogens is 418 g/mol. The van der Waals surface area contributed by atoms with Crippen LogP contribution in [-0.4, -0.2) is 55.8 Å². The molecule has 1 fully saturated rings. The van der Waals surface area contributed by atoms with Gasteiger partial charge >= 0.3 is 0 Å². The summed E-state index contributed by atoms with van der Waals surface area (Å²) in [5.74, 6) is -2.22. The lowest BCUT2D eigenvalue weighted by molar-refractivity contribution is -0.114. The first kappa shape index (κ1) is 22.0. The monoisotopic (exact) mass is 444 g/mol. The van der Waals surface area contributed by atoms with Gasteiger partial charge in [0.2, 0.25) is 5.91 Å². The molecule has 4 heterocycles. The zero-order valence-electron chi connectivity index (χ0n) is 18.4. The van der Waals surface area contributed by atoms with Gasteiger partial charge in [0.05, 0.1) is 23.3 Å². The largest absolute Gasteiger partial charge is 0.353 e. The maximum absolute atomic E-state index is 13.9. The van der Waals surface area contributed by atoms with Gasteiger partial charge in [-0.3, -0.25) is 9.78 Å². The van der Waals surface area contributed by atoms with Gasteiger partial charge in [-0.25, -0.2) is 14.6 Å². The van der Waals surface area contributed by atoms with Crippen LogP contribution in [0, 0.1) is 0 Å². The second-order valence-corrected chi connectivity index (χ2v) is 8.41. The fourth-order valence-corrected chi connectivity index (χ4v) is 3.88. The van der Waals surface area contributed by atoms with Crippen molar-refractivity contribution in [1.29, 1.82) is 0 Å². The Labute approximate surface area is 184 Å². The van der Waals surface area contributed by atoms with Gasteiger partial charge in [-0.2, -0.15) is 8.78 Å². The number of nitrogens with one attached hydrogen (secondary N) is 2. The Morgan fingerprint density at radius 3 is 2.75 bits per heavy atom. The minimum Gasteiger partial charge on any atom is -0.353 e. The Hall–Kier alpha value is -3.21. The SMILES string of the molecule is CC(=O)Nc1cc2c(cn1)c(N1CC[C@H](NC(C)C)C1)nn2-c1cncc(C(C)(F)F)n1. The first-order valence-electron chi connectivity index (χ1n) is 10.5. The number of hydrogen-bond donors (Lipinski definition) is 2. The zero-order valence-corrected chi connectivity index (χ0v) is 18.4. The van der Waals surface area contributed by atoms with Crippen LogP contribution in [0.15, 0.2) is 24.7 Å². The van der Waals surface area contributed by atoms with Gasteiger partial charge in [0.25, 0.3) is 5.92 Å². The van der Waals surface area contributed by atoms with E-state index in [2.05, 4.69) is 44.3 Å². The number of pyridine rings is 1. The van der Waals surface area contributed by atoms with Crippen molar-refractivity contribution in [3.63, 3.8) is 0 Å². The van der Waals surface area contributed by atoms with Gasteiger partial charge in [-0.1, -0.05) is 13.8 Å². The maximum Gasteiger partial charge on any atom is 0.288 e. The average molecular weight is 444 g/mol. The number of nitrogens with zero attached hydrogens (tertiary/aromatic N) is 6. The van der Waals surface area contributed by atoms with Crippen LogP contribution in [0.4, 0.5) is 20.4 Å². The summed E-state index contributed by atoms with van der Waals surface area (Å²) in [7, 11) is 0. The fourth-order valence-electron chi connectivity index (χ4n) is 3.88. The molecule has 1 saturated heterocycles. The zero-order chi connectivity index (χ0) is 23.0. The average Bonchev–Trinajstić information content (AvgIpc) is 3.30. The van der Waals surface area contributed by atoms with Crippen molar-refractivity contribution in [2.24, 2.45) is 0 Å². The molecule has 11 heteroatoms. The van der Waals surface area contributed by atoms with E-state index in [0.29, 0.717) is 29.2 Å². The number of amides is 1. The molecule has 0 aliphatic carbocycles. The number of fused-ring (bicyclic) bond motifs is 1. The van der Waals surface area contributed by atoms with Gasteiger partial charge in [0, 0.05) is 51.3 Å². The van der Waals surface area contributed by atoms with E-state index in [1.54, 1.807) is 12.3 Å². The number of halogens is 2. The number of carbonyl (C=O) groups is 1. The predicted octanol–water partition coefficient (Wildman–Crippen LogP) is 2.86. The number of hydrogen-bond acceptors (Lipinski definition) is 7. The number of aromatic nitrogens is 5. The maximum atomic E-state index is 13.9. The Morgan fingerprint density at radius 2 is 2.06 bits per heavy atom. The van der Waals surface area contributed by atoms with Crippen LogP contribution in [0.1, 0.15) is 39.8 Å². The van der Waals surface area contributed by atoms with Gasteiger partial charge in [0.15, 0.2) is 11.6 Å². The summed E-state index contributed by atoms with van der Waals surface area (Å²) in [4.78, 5) is 26.0. The van der Waals surface area contributed by atoms with E-state index >= 15 is 0 Å². The highest BCUT2D eigenvalue weighted by molar-refractivity contribution is 5.95. The standard InChI is InChI=1S/C21H26F2N8O/c1-12(2)26-14-5-6-30(11-14)20-15-8-25-18(27-13(3)32)7-16(15)31(29-20)19-10-24-9-17(28-19)21(4,22)23/h7-10,12,14,26H,5-6,11H2,1-4H3,(H,25,27,32)/t14-/m0/s1. The van der Waals surface area contributed by atoms with E-state index in [-0.39, 0.29) is 11.7 Å². The van der Waals surface area contributed by atoms with Gasteiger partial charge in [-0.15, -0.1) is 5.10 Å². The van der Waals surface area contributed by atoms with Crippen LogP contribution in [0.25, 0.3) is 16.7 Å².